The lowest BCUT2D eigenvalue weighted by atomic mass is 9.83. The summed E-state index contributed by atoms with van der Waals surface area (Å²) in [6, 6.07) is -4.27. The van der Waals surface area contributed by atoms with Crippen LogP contribution in [0, 0.1) is 11.3 Å². The van der Waals surface area contributed by atoms with Crippen molar-refractivity contribution in [2.75, 3.05) is 32.9 Å². The van der Waals surface area contributed by atoms with E-state index in [1.807, 2.05) is 48.5 Å². The van der Waals surface area contributed by atoms with Gasteiger partial charge in [-0.1, -0.05) is 65.9 Å². The van der Waals surface area contributed by atoms with Gasteiger partial charge in [0.2, 0.25) is 27.6 Å². The van der Waals surface area contributed by atoms with Crippen molar-refractivity contribution in [1.82, 2.24) is 30.5 Å². The fraction of sp³-hybridized carbons (Fsp3) is 0.806. The monoisotopic (exact) mass is 740 g/mol. The average molecular weight is 741 g/mol. The SMILES string of the molecule is C=CCNC(=O)C(=O)C(CCCC)NC(=O)[C@@H]1C[C@@H](OC(C)(C)C)CN1C(=O)[C@@H](NC(=O)N[C@H](CN(C)S(C)(=O)=O)C(C)(C)C)C1CCCCC1. The van der Waals surface area contributed by atoms with Gasteiger partial charge in [-0.05, 0) is 51.4 Å². The normalized spacial score (nSPS) is 20.6. The molecule has 5 atom stereocenters. The van der Waals surface area contributed by atoms with Gasteiger partial charge in [0.05, 0.1) is 24.0 Å². The van der Waals surface area contributed by atoms with Crippen LogP contribution in [0.4, 0.5) is 4.79 Å². The number of amides is 5. The molecule has 15 heteroatoms. The summed E-state index contributed by atoms with van der Waals surface area (Å²) in [5, 5.41) is 11.1. The molecule has 0 aromatic heterocycles. The van der Waals surface area contributed by atoms with Crippen LogP contribution in [0.1, 0.15) is 106 Å². The second kappa shape index (κ2) is 19.2. The highest BCUT2D eigenvalue weighted by molar-refractivity contribution is 7.88. The lowest BCUT2D eigenvalue weighted by Gasteiger charge is -2.37. The maximum absolute atomic E-state index is 14.6. The summed E-state index contributed by atoms with van der Waals surface area (Å²) in [4.78, 5) is 69.5. The Labute approximate surface area is 305 Å². The molecule has 5 amide bonds. The van der Waals surface area contributed by atoms with E-state index in [0.717, 1.165) is 31.9 Å². The van der Waals surface area contributed by atoms with Gasteiger partial charge in [0.15, 0.2) is 0 Å². The van der Waals surface area contributed by atoms with Crippen molar-refractivity contribution < 1.29 is 37.1 Å². The van der Waals surface area contributed by atoms with Crippen LogP contribution in [0.5, 0.6) is 0 Å². The molecule has 292 valence electrons. The van der Waals surface area contributed by atoms with Crippen LogP contribution < -0.4 is 21.3 Å². The predicted molar refractivity (Wildman–Crippen MR) is 197 cm³/mol. The van der Waals surface area contributed by atoms with Crippen molar-refractivity contribution in [2.24, 2.45) is 11.3 Å². The average Bonchev–Trinajstić information content (AvgIpc) is 3.45. The van der Waals surface area contributed by atoms with Crippen molar-refractivity contribution in [3.63, 3.8) is 0 Å². The number of unbranched alkanes of at least 4 members (excludes halogenated alkanes) is 1. The summed E-state index contributed by atoms with van der Waals surface area (Å²) in [6.45, 7) is 17.1. The van der Waals surface area contributed by atoms with Crippen LogP contribution in [-0.2, 0) is 33.9 Å². The summed E-state index contributed by atoms with van der Waals surface area (Å²) in [6.07, 6.45) is 7.99. The van der Waals surface area contributed by atoms with Crippen LogP contribution in [0.25, 0.3) is 0 Å². The Balaban J connectivity index is 2.43. The van der Waals surface area contributed by atoms with Gasteiger partial charge in [0.25, 0.3) is 5.91 Å². The van der Waals surface area contributed by atoms with E-state index in [1.165, 1.54) is 22.3 Å². The number of Topliss-reactive ketones (excluding diaryl/α,β-unsaturated/α-hetero) is 1. The predicted octanol–water partition coefficient (Wildman–Crippen LogP) is 2.87. The molecule has 1 heterocycles. The minimum atomic E-state index is -3.52. The van der Waals surface area contributed by atoms with E-state index in [1.54, 1.807) is 0 Å². The van der Waals surface area contributed by atoms with Crippen LogP contribution in [0.2, 0.25) is 0 Å². The van der Waals surface area contributed by atoms with Crippen LogP contribution in [0.3, 0.4) is 0 Å². The Morgan fingerprint density at radius 1 is 1.00 bits per heavy atom. The molecule has 1 saturated carbocycles. The van der Waals surface area contributed by atoms with E-state index in [-0.39, 0.29) is 38.4 Å². The maximum atomic E-state index is 14.6. The minimum Gasteiger partial charge on any atom is -0.371 e. The first kappa shape index (κ1) is 44.1. The summed E-state index contributed by atoms with van der Waals surface area (Å²) in [5.41, 5.74) is -1.10. The van der Waals surface area contributed by atoms with Crippen molar-refractivity contribution in [1.29, 1.82) is 0 Å². The molecule has 51 heavy (non-hydrogen) atoms. The van der Waals surface area contributed by atoms with Gasteiger partial charge < -0.3 is 30.9 Å². The molecule has 2 rings (SSSR count). The smallest absolute Gasteiger partial charge is 0.315 e. The third-order valence-electron chi connectivity index (χ3n) is 9.51. The highest BCUT2D eigenvalue weighted by Gasteiger charge is 2.46. The number of carbonyl (C=O) groups is 5. The second-order valence-electron chi connectivity index (χ2n) is 16.1. The largest absolute Gasteiger partial charge is 0.371 e. The molecule has 0 bridgehead atoms. The van der Waals surface area contributed by atoms with E-state index in [4.69, 9.17) is 4.74 Å². The molecule has 1 saturated heterocycles. The number of urea groups is 1. The lowest BCUT2D eigenvalue weighted by Crippen LogP contribution is -2.60. The minimum absolute atomic E-state index is 0.0293. The van der Waals surface area contributed by atoms with Gasteiger partial charge in [0.1, 0.15) is 12.1 Å². The van der Waals surface area contributed by atoms with E-state index in [0.29, 0.717) is 19.3 Å². The van der Waals surface area contributed by atoms with E-state index < -0.39 is 80.8 Å². The molecule has 0 radical (unpaired) electrons. The number of nitrogens with one attached hydrogen (secondary N) is 4. The van der Waals surface area contributed by atoms with Crippen molar-refractivity contribution in [3.8, 4) is 0 Å². The van der Waals surface area contributed by atoms with Crippen LogP contribution in [0.15, 0.2) is 12.7 Å². The number of hydrogen-bond acceptors (Lipinski definition) is 8. The molecule has 1 unspecified atom stereocenters. The van der Waals surface area contributed by atoms with Crippen molar-refractivity contribution >= 4 is 39.6 Å². The van der Waals surface area contributed by atoms with Crippen LogP contribution >= 0.6 is 0 Å². The van der Waals surface area contributed by atoms with Gasteiger partial charge in [-0.15, -0.1) is 6.58 Å². The van der Waals surface area contributed by atoms with Gasteiger partial charge in [0, 0.05) is 39.1 Å². The Bertz CT molecular complexity index is 1340. The first-order valence-electron chi connectivity index (χ1n) is 18.3. The molecule has 4 N–H and O–H groups in total. The summed E-state index contributed by atoms with van der Waals surface area (Å²) >= 11 is 0. The van der Waals surface area contributed by atoms with Crippen LogP contribution in [-0.4, -0.2) is 116 Å². The maximum Gasteiger partial charge on any atom is 0.315 e. The zero-order valence-corrected chi connectivity index (χ0v) is 33.1. The van der Waals surface area contributed by atoms with Gasteiger partial charge >= 0.3 is 6.03 Å². The number of carbonyl (C=O) groups excluding carboxylic acids is 5. The van der Waals surface area contributed by atoms with Crippen molar-refractivity contribution in [3.05, 3.63) is 12.7 Å². The number of rotatable bonds is 17. The van der Waals surface area contributed by atoms with Crippen molar-refractivity contribution in [2.45, 2.75) is 142 Å². The van der Waals surface area contributed by atoms with Gasteiger partial charge in [-0.3, -0.25) is 19.2 Å². The van der Waals surface area contributed by atoms with Gasteiger partial charge in [-0.25, -0.2) is 17.5 Å². The molecule has 0 aromatic carbocycles. The molecular formula is C36H64N6O8S. The Kier molecular flexibility index (Phi) is 16.6. The fourth-order valence-electron chi connectivity index (χ4n) is 6.53. The number of ether oxygens (including phenoxy) is 1. The number of likely N-dealkylation sites (N-methyl/N-ethyl adjacent to an activating group) is 1. The van der Waals surface area contributed by atoms with Gasteiger partial charge in [-0.2, -0.15) is 0 Å². The third-order valence-corrected chi connectivity index (χ3v) is 10.8. The Morgan fingerprint density at radius 3 is 2.16 bits per heavy atom. The number of likely N-dealkylation sites (tertiary alicyclic amines) is 1. The molecule has 1 aliphatic heterocycles. The highest BCUT2D eigenvalue weighted by atomic mass is 32.2. The quantitative estimate of drug-likeness (QED) is 0.130. The molecule has 2 aliphatic rings. The molecule has 1 aliphatic carbocycles. The molecule has 0 aromatic rings. The number of sulfonamides is 1. The topological polar surface area (TPSA) is 183 Å². The third kappa shape index (κ3) is 14.1. The Morgan fingerprint density at radius 2 is 1.63 bits per heavy atom. The number of ketones is 1. The van der Waals surface area contributed by atoms with E-state index in [2.05, 4.69) is 27.8 Å². The lowest BCUT2D eigenvalue weighted by molar-refractivity contribution is -0.143. The molecule has 0 spiro atoms. The summed E-state index contributed by atoms with van der Waals surface area (Å²) in [5.74, 6) is -2.79. The molecular weight excluding hydrogens is 676 g/mol. The first-order valence-corrected chi connectivity index (χ1v) is 20.1. The Hall–Kier alpha value is -3.04. The van der Waals surface area contributed by atoms with E-state index >= 15 is 0 Å². The molecule has 14 nitrogen and oxygen atoms in total. The number of hydrogen-bond donors (Lipinski definition) is 4. The zero-order chi connectivity index (χ0) is 38.7. The zero-order valence-electron chi connectivity index (χ0n) is 32.3. The standard InChI is InChI=1S/C36H64N6O8S/c1-11-13-19-26(30(43)32(45)37-20-12-2)38-31(44)27-21-25(50-36(6,7)8)22-42(27)33(46)29(24-17-15-14-16-18-24)40-34(47)39-28(35(3,4)5)23-41(9)51(10,48)49/h12,24-29H,2,11,13-23H2,1,3-10H3,(H,37,45)(H,38,44)(H2,39,40,47)/t25-,26?,27+,28-,29+/m1/s1. The second-order valence-corrected chi connectivity index (χ2v) is 18.2. The highest BCUT2D eigenvalue weighted by Crippen LogP contribution is 2.31. The summed E-state index contributed by atoms with van der Waals surface area (Å²) < 4.78 is 31.8. The fourth-order valence-corrected chi connectivity index (χ4v) is 6.95. The summed E-state index contributed by atoms with van der Waals surface area (Å²) in [7, 11) is -2.07. The number of nitrogens with zero attached hydrogens (tertiary/aromatic N) is 2. The first-order chi connectivity index (χ1) is 23.6. The van der Waals surface area contributed by atoms with E-state index in [9.17, 15) is 32.4 Å². The molecule has 2 fully saturated rings.